The van der Waals surface area contributed by atoms with E-state index in [4.69, 9.17) is 9.47 Å². The molecule has 2 N–H and O–H groups in total. The monoisotopic (exact) mass is 384 g/mol. The number of carbonyl (C=O) groups is 1. The molecule has 25 heavy (non-hydrogen) atoms. The molecule has 0 fully saturated rings. The Balaban J connectivity index is 1.76. The lowest BCUT2D eigenvalue weighted by Gasteiger charge is -2.15. The van der Waals surface area contributed by atoms with E-state index in [1.54, 1.807) is 32.9 Å². The first-order valence-electron chi connectivity index (χ1n) is 7.22. The molecule has 3 rings (SSSR count). The lowest BCUT2D eigenvalue weighted by Crippen LogP contribution is -2.27. The summed E-state index contributed by atoms with van der Waals surface area (Å²) in [6.45, 7) is 5.31. The number of benzene rings is 1. The zero-order valence-corrected chi connectivity index (χ0v) is 15.3. The Hall–Kier alpha value is -2.40. The zero-order valence-electron chi connectivity index (χ0n) is 13.7. The Labute approximate surface area is 148 Å². The molecule has 134 valence electrons. The van der Waals surface area contributed by atoms with Crippen LogP contribution in [0, 0.1) is 5.41 Å². The van der Waals surface area contributed by atoms with Crippen molar-refractivity contribution in [1.82, 2.24) is 10.2 Å². The molecule has 2 aromatic rings. The van der Waals surface area contributed by atoms with Gasteiger partial charge in [-0.05, 0) is 12.1 Å². The van der Waals surface area contributed by atoms with E-state index >= 15 is 0 Å². The minimum Gasteiger partial charge on any atom is -0.454 e. The number of hydrogen-bond acceptors (Lipinski definition) is 8. The number of hydrogen-bond donors (Lipinski definition) is 2. The van der Waals surface area contributed by atoms with Gasteiger partial charge in [-0.25, -0.2) is 0 Å². The van der Waals surface area contributed by atoms with Crippen molar-refractivity contribution in [3.8, 4) is 11.5 Å². The lowest BCUT2D eigenvalue weighted by atomic mass is 9.96. The largest absolute Gasteiger partial charge is 0.454 e. The number of nitrogens with one attached hydrogen (secondary N) is 2. The van der Waals surface area contributed by atoms with Crippen molar-refractivity contribution in [2.75, 3.05) is 16.8 Å². The second-order valence-corrected chi connectivity index (χ2v) is 9.08. The van der Waals surface area contributed by atoms with Gasteiger partial charge >= 0.3 is 0 Å². The predicted octanol–water partition coefficient (Wildman–Crippen LogP) is 2.05. The van der Waals surface area contributed by atoms with Gasteiger partial charge < -0.3 is 14.8 Å². The van der Waals surface area contributed by atoms with E-state index < -0.39 is 15.4 Å². The topological polar surface area (TPSA) is 120 Å². The molecule has 1 aliphatic heterocycles. The van der Waals surface area contributed by atoms with Gasteiger partial charge in [-0.15, -0.1) is 10.2 Å². The average Bonchev–Trinajstić information content (AvgIpc) is 3.14. The second-order valence-electron chi connectivity index (χ2n) is 6.25. The maximum atomic E-state index is 12.4. The highest BCUT2D eigenvalue weighted by Crippen LogP contribution is 2.35. The van der Waals surface area contributed by atoms with E-state index in [0.29, 0.717) is 17.2 Å². The molecule has 1 amide bonds. The van der Waals surface area contributed by atoms with Crippen molar-refractivity contribution in [3.05, 3.63) is 18.2 Å². The number of anilines is 2. The van der Waals surface area contributed by atoms with Crippen LogP contribution < -0.4 is 19.5 Å². The molecule has 2 heterocycles. The number of carbonyl (C=O) groups excluding carboxylic acids is 1. The summed E-state index contributed by atoms with van der Waals surface area (Å²) in [6.07, 6.45) is 0. The van der Waals surface area contributed by atoms with Crippen molar-refractivity contribution in [3.63, 3.8) is 0 Å². The molecule has 0 spiro atoms. The summed E-state index contributed by atoms with van der Waals surface area (Å²) in [5, 5.41) is 10.0. The smallest absolute Gasteiger partial charge is 0.291 e. The Kier molecular flexibility index (Phi) is 4.29. The molecular weight excluding hydrogens is 368 g/mol. The third-order valence-corrected chi connectivity index (χ3v) is 5.75. The van der Waals surface area contributed by atoms with Gasteiger partial charge in [0.15, 0.2) is 11.5 Å². The van der Waals surface area contributed by atoms with Crippen LogP contribution in [0.5, 0.6) is 11.5 Å². The maximum absolute atomic E-state index is 12.4. The number of ether oxygens (including phenoxy) is 2. The number of aromatic nitrogens is 2. The van der Waals surface area contributed by atoms with Gasteiger partial charge in [-0.2, -0.15) is 8.42 Å². The standard InChI is InChI=1S/C14H16N4O5S2/c1-14(2,3)11(19)15-12-16-17-13(24-12)25(20,21)18-8-4-5-9-10(6-8)23-7-22-9/h4-6,18H,7H2,1-3H3,(H,15,16,19). The van der Waals surface area contributed by atoms with Crippen molar-refractivity contribution < 1.29 is 22.7 Å². The van der Waals surface area contributed by atoms with E-state index in [0.717, 1.165) is 11.3 Å². The Morgan fingerprint density at radius 1 is 1.20 bits per heavy atom. The second kappa shape index (κ2) is 6.15. The summed E-state index contributed by atoms with van der Waals surface area (Å²) >= 11 is 0.768. The van der Waals surface area contributed by atoms with Crippen LogP contribution in [0.2, 0.25) is 0 Å². The van der Waals surface area contributed by atoms with Crippen LogP contribution >= 0.6 is 11.3 Å². The van der Waals surface area contributed by atoms with Gasteiger partial charge in [0.05, 0.1) is 5.69 Å². The molecular formula is C14H16N4O5S2. The summed E-state index contributed by atoms with van der Waals surface area (Å²) in [6, 6.07) is 4.67. The number of sulfonamides is 1. The molecule has 0 saturated carbocycles. The van der Waals surface area contributed by atoms with Gasteiger partial charge in [0.2, 0.25) is 17.8 Å². The van der Waals surface area contributed by atoms with Crippen molar-refractivity contribution >= 4 is 38.1 Å². The SMILES string of the molecule is CC(C)(C)C(=O)Nc1nnc(S(=O)(=O)Nc2ccc3c(c2)OCO3)s1. The number of rotatable bonds is 4. The van der Waals surface area contributed by atoms with Crippen molar-refractivity contribution in [2.45, 2.75) is 25.1 Å². The first kappa shape index (κ1) is 17.4. The molecule has 1 aromatic carbocycles. The van der Waals surface area contributed by atoms with E-state index in [-0.39, 0.29) is 22.2 Å². The fourth-order valence-corrected chi connectivity index (χ4v) is 3.76. The maximum Gasteiger partial charge on any atom is 0.291 e. The number of amides is 1. The van der Waals surface area contributed by atoms with Gasteiger partial charge in [-0.3, -0.25) is 9.52 Å². The highest BCUT2D eigenvalue weighted by atomic mass is 32.2. The first-order valence-corrected chi connectivity index (χ1v) is 9.52. The Bertz CT molecular complexity index is 918. The van der Waals surface area contributed by atoms with Crippen LogP contribution in [0.15, 0.2) is 22.5 Å². The Morgan fingerprint density at radius 2 is 1.92 bits per heavy atom. The van der Waals surface area contributed by atoms with Crippen LogP contribution in [0.4, 0.5) is 10.8 Å². The van der Waals surface area contributed by atoms with Crippen molar-refractivity contribution in [2.24, 2.45) is 5.41 Å². The molecule has 0 bridgehead atoms. The summed E-state index contributed by atoms with van der Waals surface area (Å²) < 4.78 is 37.3. The number of nitrogens with zero attached hydrogens (tertiary/aromatic N) is 2. The summed E-state index contributed by atoms with van der Waals surface area (Å²) in [5.74, 6) is 0.720. The molecule has 0 saturated heterocycles. The van der Waals surface area contributed by atoms with E-state index in [9.17, 15) is 13.2 Å². The Morgan fingerprint density at radius 3 is 2.64 bits per heavy atom. The van der Waals surface area contributed by atoms with E-state index in [1.165, 1.54) is 6.07 Å². The molecule has 0 aliphatic carbocycles. The summed E-state index contributed by atoms with van der Waals surface area (Å²) in [4.78, 5) is 11.9. The van der Waals surface area contributed by atoms with E-state index in [1.807, 2.05) is 0 Å². The molecule has 0 radical (unpaired) electrons. The molecule has 1 aliphatic rings. The predicted molar refractivity (Wildman–Crippen MR) is 91.4 cm³/mol. The summed E-state index contributed by atoms with van der Waals surface area (Å²) in [7, 11) is -3.93. The van der Waals surface area contributed by atoms with Gasteiger partial charge in [0.25, 0.3) is 14.4 Å². The van der Waals surface area contributed by atoms with Gasteiger partial charge in [0, 0.05) is 11.5 Å². The molecule has 0 unspecified atom stereocenters. The molecule has 0 atom stereocenters. The molecule has 1 aromatic heterocycles. The third-order valence-electron chi connectivity index (χ3n) is 3.16. The molecule has 11 heteroatoms. The normalized spacial score (nSPS) is 13.6. The van der Waals surface area contributed by atoms with Gasteiger partial charge in [0.1, 0.15) is 0 Å². The van der Waals surface area contributed by atoms with Crippen LogP contribution in [-0.2, 0) is 14.8 Å². The van der Waals surface area contributed by atoms with Crippen LogP contribution in [0.3, 0.4) is 0 Å². The third kappa shape index (κ3) is 3.82. The lowest BCUT2D eigenvalue weighted by molar-refractivity contribution is -0.123. The van der Waals surface area contributed by atoms with Crippen LogP contribution in [0.1, 0.15) is 20.8 Å². The van der Waals surface area contributed by atoms with Crippen molar-refractivity contribution in [1.29, 1.82) is 0 Å². The minimum atomic E-state index is -3.93. The molecule has 9 nitrogen and oxygen atoms in total. The van der Waals surface area contributed by atoms with Crippen LogP contribution in [0.25, 0.3) is 0 Å². The fourth-order valence-electron chi connectivity index (χ4n) is 1.81. The van der Waals surface area contributed by atoms with E-state index in [2.05, 4.69) is 20.2 Å². The quantitative estimate of drug-likeness (QED) is 0.774. The average molecular weight is 384 g/mol. The first-order chi connectivity index (χ1) is 11.6. The summed E-state index contributed by atoms with van der Waals surface area (Å²) in [5.41, 5.74) is -0.324. The fraction of sp³-hybridized carbons (Fsp3) is 0.357. The number of fused-ring (bicyclic) bond motifs is 1. The highest BCUT2D eigenvalue weighted by Gasteiger charge is 2.25. The van der Waals surface area contributed by atoms with Gasteiger partial charge in [-0.1, -0.05) is 32.1 Å². The zero-order chi connectivity index (χ0) is 18.2. The minimum absolute atomic E-state index is 0.0960. The highest BCUT2D eigenvalue weighted by molar-refractivity contribution is 7.94. The van der Waals surface area contributed by atoms with Crippen LogP contribution in [-0.4, -0.2) is 31.3 Å².